The molecule has 0 aliphatic rings. The predicted molar refractivity (Wildman–Crippen MR) is 120 cm³/mol. The molecule has 0 saturated heterocycles. The summed E-state index contributed by atoms with van der Waals surface area (Å²) in [6, 6.07) is 15.8. The van der Waals surface area contributed by atoms with E-state index in [4.69, 9.17) is 14.0 Å². The average molecular weight is 414 g/mol. The Morgan fingerprint density at radius 3 is 2.28 bits per heavy atom. The van der Waals surface area contributed by atoms with Crippen molar-refractivity contribution in [2.75, 3.05) is 19.7 Å². The molecule has 1 aromatic heterocycles. The van der Waals surface area contributed by atoms with Gasteiger partial charge in [-0.3, -0.25) is 4.52 Å². The summed E-state index contributed by atoms with van der Waals surface area (Å²) in [5, 5.41) is 2.02. The second-order valence-electron chi connectivity index (χ2n) is 7.17. The van der Waals surface area contributed by atoms with Crippen molar-refractivity contribution in [1.29, 1.82) is 0 Å². The number of benzene rings is 2. The minimum absolute atomic E-state index is 0.339. The molecule has 156 valence electrons. The largest absolute Gasteiger partial charge is 0.461 e. The van der Waals surface area contributed by atoms with E-state index in [1.165, 1.54) is 0 Å². The van der Waals surface area contributed by atoms with E-state index < -0.39 is 7.75 Å². The van der Waals surface area contributed by atoms with Crippen LogP contribution < -0.4 is 4.52 Å². The first kappa shape index (κ1) is 21.8. The van der Waals surface area contributed by atoms with Crippen molar-refractivity contribution in [3.05, 3.63) is 48.5 Å². The van der Waals surface area contributed by atoms with Crippen LogP contribution in [-0.4, -0.2) is 29.4 Å². The van der Waals surface area contributed by atoms with Crippen molar-refractivity contribution in [3.8, 4) is 5.75 Å². The molecule has 0 amide bonds. The first-order chi connectivity index (χ1) is 14.1. The topological polar surface area (TPSA) is 51.7 Å². The Kier molecular flexibility index (Phi) is 7.65. The molecule has 5 nitrogen and oxygen atoms in total. The lowest BCUT2D eigenvalue weighted by Gasteiger charge is -2.30. The van der Waals surface area contributed by atoms with Crippen molar-refractivity contribution < 1.29 is 13.6 Å². The third-order valence-corrected chi connectivity index (χ3v) is 7.01. The van der Waals surface area contributed by atoms with E-state index in [0.29, 0.717) is 25.4 Å². The van der Waals surface area contributed by atoms with Gasteiger partial charge in [0.1, 0.15) is 5.75 Å². The Labute approximate surface area is 173 Å². The molecule has 3 aromatic rings. The van der Waals surface area contributed by atoms with Gasteiger partial charge in [-0.25, -0.2) is 9.55 Å². The highest BCUT2D eigenvalue weighted by Crippen LogP contribution is 2.52. The predicted octanol–water partition coefficient (Wildman–Crippen LogP) is 6.81. The number of rotatable bonds is 11. The summed E-state index contributed by atoms with van der Waals surface area (Å²) >= 11 is 0. The standard InChI is InChI=1S/C23H31N2O3P/c1-4-7-15-25(16-8-5-2)29(26,27-6-3)28-21-13-14-23-20(18-21)17-19-11-9-10-12-22(19)24-23/h9-14,17-18H,4-8,15-16H2,1-3H3. The molecule has 0 N–H and O–H groups in total. The number of para-hydroxylation sites is 1. The Morgan fingerprint density at radius 1 is 0.897 bits per heavy atom. The molecule has 1 heterocycles. The van der Waals surface area contributed by atoms with Crippen LogP contribution in [0.3, 0.4) is 0 Å². The second-order valence-corrected chi connectivity index (χ2v) is 9.12. The smallest absolute Gasteiger partial charge is 0.413 e. The van der Waals surface area contributed by atoms with Gasteiger partial charge in [-0.1, -0.05) is 44.9 Å². The zero-order chi connectivity index (χ0) is 20.7. The number of hydrogen-bond acceptors (Lipinski definition) is 4. The number of pyridine rings is 1. The molecule has 1 atom stereocenters. The van der Waals surface area contributed by atoms with Gasteiger partial charge in [0.2, 0.25) is 0 Å². The van der Waals surface area contributed by atoms with E-state index in [1.807, 2.05) is 54.1 Å². The van der Waals surface area contributed by atoms with Crippen LogP contribution in [0.4, 0.5) is 0 Å². The molecule has 0 saturated carbocycles. The van der Waals surface area contributed by atoms with Gasteiger partial charge in [-0.15, -0.1) is 0 Å². The zero-order valence-electron chi connectivity index (χ0n) is 17.6. The second kappa shape index (κ2) is 10.2. The highest BCUT2D eigenvalue weighted by molar-refractivity contribution is 7.51. The maximum Gasteiger partial charge on any atom is 0.461 e. The van der Waals surface area contributed by atoms with Gasteiger partial charge in [0, 0.05) is 23.9 Å². The molecule has 0 fully saturated rings. The van der Waals surface area contributed by atoms with Gasteiger partial charge in [-0.2, -0.15) is 4.67 Å². The maximum atomic E-state index is 13.7. The van der Waals surface area contributed by atoms with Gasteiger partial charge in [0.15, 0.2) is 0 Å². The fourth-order valence-electron chi connectivity index (χ4n) is 3.32. The van der Waals surface area contributed by atoms with Crippen LogP contribution in [0.2, 0.25) is 0 Å². The summed E-state index contributed by atoms with van der Waals surface area (Å²) in [4.78, 5) is 4.70. The third kappa shape index (κ3) is 5.36. The van der Waals surface area contributed by atoms with Crippen LogP contribution >= 0.6 is 7.75 Å². The number of unbranched alkanes of at least 4 members (excludes halogenated alkanes) is 2. The number of nitrogens with zero attached hydrogens (tertiary/aromatic N) is 2. The van der Waals surface area contributed by atoms with Crippen molar-refractivity contribution in [1.82, 2.24) is 9.65 Å². The molecule has 0 radical (unpaired) electrons. The van der Waals surface area contributed by atoms with E-state index in [2.05, 4.69) is 19.9 Å². The lowest BCUT2D eigenvalue weighted by molar-refractivity contribution is 0.213. The zero-order valence-corrected chi connectivity index (χ0v) is 18.5. The van der Waals surface area contributed by atoms with E-state index in [1.54, 1.807) is 0 Å². The van der Waals surface area contributed by atoms with Gasteiger partial charge in [-0.05, 0) is 50.1 Å². The van der Waals surface area contributed by atoms with Crippen molar-refractivity contribution in [2.24, 2.45) is 0 Å². The summed E-state index contributed by atoms with van der Waals surface area (Å²) in [6.45, 7) is 7.85. The van der Waals surface area contributed by atoms with Crippen LogP contribution in [-0.2, 0) is 9.09 Å². The summed E-state index contributed by atoms with van der Waals surface area (Å²) in [7, 11) is -3.42. The minimum Gasteiger partial charge on any atom is -0.413 e. The molecular weight excluding hydrogens is 383 g/mol. The van der Waals surface area contributed by atoms with E-state index >= 15 is 0 Å². The lowest BCUT2D eigenvalue weighted by atomic mass is 10.1. The Hall–Kier alpha value is -1.94. The summed E-state index contributed by atoms with van der Waals surface area (Å²) < 4.78 is 27.4. The lowest BCUT2D eigenvalue weighted by Crippen LogP contribution is -2.27. The monoisotopic (exact) mass is 414 g/mol. The minimum atomic E-state index is -3.42. The van der Waals surface area contributed by atoms with Crippen LogP contribution in [0.5, 0.6) is 5.75 Å². The number of hydrogen-bond donors (Lipinski definition) is 0. The normalized spacial score (nSPS) is 13.8. The molecule has 0 bridgehead atoms. The van der Waals surface area contributed by atoms with Gasteiger partial charge in [0.25, 0.3) is 0 Å². The number of aromatic nitrogens is 1. The van der Waals surface area contributed by atoms with E-state index in [-0.39, 0.29) is 0 Å². The average Bonchev–Trinajstić information content (AvgIpc) is 2.72. The van der Waals surface area contributed by atoms with Gasteiger partial charge in [0.05, 0.1) is 17.6 Å². The molecule has 29 heavy (non-hydrogen) atoms. The fourth-order valence-corrected chi connectivity index (χ4v) is 5.13. The first-order valence-corrected chi connectivity index (χ1v) is 12.1. The van der Waals surface area contributed by atoms with Crippen LogP contribution in [0.15, 0.2) is 48.5 Å². The summed E-state index contributed by atoms with van der Waals surface area (Å²) in [5.41, 5.74) is 1.84. The summed E-state index contributed by atoms with van der Waals surface area (Å²) in [6.07, 6.45) is 3.97. The Balaban J connectivity index is 1.92. The molecular formula is C23H31N2O3P. The third-order valence-electron chi connectivity index (χ3n) is 4.89. The summed E-state index contributed by atoms with van der Waals surface area (Å²) in [5.74, 6) is 0.546. The Bertz CT molecular complexity index is 984. The number of fused-ring (bicyclic) bond motifs is 2. The van der Waals surface area contributed by atoms with E-state index in [9.17, 15) is 4.57 Å². The molecule has 0 aliphatic heterocycles. The molecule has 2 aromatic carbocycles. The van der Waals surface area contributed by atoms with Gasteiger partial charge < -0.3 is 4.52 Å². The highest BCUT2D eigenvalue weighted by Gasteiger charge is 2.34. The van der Waals surface area contributed by atoms with Crippen molar-refractivity contribution >= 4 is 29.6 Å². The van der Waals surface area contributed by atoms with Crippen LogP contribution in [0.1, 0.15) is 46.5 Å². The first-order valence-electron chi connectivity index (χ1n) is 10.6. The molecule has 0 aliphatic carbocycles. The van der Waals surface area contributed by atoms with Gasteiger partial charge >= 0.3 is 7.75 Å². The van der Waals surface area contributed by atoms with Crippen molar-refractivity contribution in [3.63, 3.8) is 0 Å². The quantitative estimate of drug-likeness (QED) is 0.255. The fraction of sp³-hybridized carbons (Fsp3) is 0.435. The van der Waals surface area contributed by atoms with Crippen molar-refractivity contribution in [2.45, 2.75) is 46.5 Å². The Morgan fingerprint density at radius 2 is 1.59 bits per heavy atom. The van der Waals surface area contributed by atoms with Crippen LogP contribution in [0.25, 0.3) is 21.8 Å². The van der Waals surface area contributed by atoms with Crippen LogP contribution in [0, 0.1) is 0 Å². The molecule has 3 rings (SSSR count). The highest BCUT2D eigenvalue weighted by atomic mass is 31.2. The maximum absolute atomic E-state index is 13.7. The molecule has 1 unspecified atom stereocenters. The van der Waals surface area contributed by atoms with E-state index in [0.717, 1.165) is 47.5 Å². The molecule has 0 spiro atoms. The SMILES string of the molecule is CCCCN(CCCC)P(=O)(OCC)Oc1ccc2nc3ccccc3cc2c1. The molecule has 6 heteroatoms.